The summed E-state index contributed by atoms with van der Waals surface area (Å²) in [5, 5.41) is 0. The van der Waals surface area contributed by atoms with Crippen molar-refractivity contribution in [3.05, 3.63) is 0 Å². The average molecular weight is 144 g/mol. The van der Waals surface area contributed by atoms with Crippen molar-refractivity contribution in [1.82, 2.24) is 0 Å². The van der Waals surface area contributed by atoms with Crippen LogP contribution >= 0.6 is 11.8 Å². The molecule has 0 nitrogen and oxygen atoms in total. The Balaban J connectivity index is 2.11. The molecule has 1 unspecified atom stereocenters. The van der Waals surface area contributed by atoms with E-state index in [4.69, 9.17) is 0 Å². The van der Waals surface area contributed by atoms with Crippen LogP contribution in [0.5, 0.6) is 0 Å². The van der Waals surface area contributed by atoms with E-state index in [1.165, 1.54) is 24.3 Å². The Hall–Kier alpha value is 0.350. The summed E-state index contributed by atoms with van der Waals surface area (Å²) in [6.07, 6.45) is 2.93. The van der Waals surface area contributed by atoms with Crippen molar-refractivity contribution in [2.45, 2.75) is 26.7 Å². The van der Waals surface area contributed by atoms with Gasteiger partial charge in [-0.1, -0.05) is 13.8 Å². The van der Waals surface area contributed by atoms with Crippen LogP contribution in [0.25, 0.3) is 0 Å². The first-order valence-corrected chi connectivity index (χ1v) is 5.02. The van der Waals surface area contributed by atoms with Gasteiger partial charge in [0.15, 0.2) is 0 Å². The van der Waals surface area contributed by atoms with Crippen LogP contribution < -0.4 is 0 Å². The summed E-state index contributed by atoms with van der Waals surface area (Å²) < 4.78 is 0. The molecule has 1 heteroatoms. The van der Waals surface area contributed by atoms with Crippen LogP contribution in [0.3, 0.4) is 0 Å². The Labute approximate surface area is 62.4 Å². The second-order valence-corrected chi connectivity index (χ2v) is 4.51. The maximum Gasteiger partial charge on any atom is -0.00387 e. The first-order valence-electron chi connectivity index (χ1n) is 3.87. The van der Waals surface area contributed by atoms with Crippen LogP contribution in [0.1, 0.15) is 26.7 Å². The van der Waals surface area contributed by atoms with E-state index in [-0.39, 0.29) is 0 Å². The van der Waals surface area contributed by atoms with E-state index in [9.17, 15) is 0 Å². The maximum atomic E-state index is 2.32. The van der Waals surface area contributed by atoms with E-state index in [1.807, 2.05) is 0 Å². The van der Waals surface area contributed by atoms with Gasteiger partial charge in [0, 0.05) is 0 Å². The molecule has 0 spiro atoms. The fraction of sp³-hybridized carbons (Fsp3) is 1.00. The third-order valence-corrected chi connectivity index (χ3v) is 3.06. The quantitative estimate of drug-likeness (QED) is 0.574. The molecule has 1 heterocycles. The van der Waals surface area contributed by atoms with Crippen LogP contribution in [-0.2, 0) is 0 Å². The largest absolute Gasteiger partial charge is 0.162 e. The Bertz CT molecular complexity index is 72.6. The molecule has 0 bridgehead atoms. The van der Waals surface area contributed by atoms with Crippen LogP contribution in [0.15, 0.2) is 0 Å². The normalized spacial score (nSPS) is 27.7. The molecular formula is C8H16S. The third-order valence-electron chi connectivity index (χ3n) is 1.83. The van der Waals surface area contributed by atoms with Gasteiger partial charge in [-0.15, -0.1) is 0 Å². The van der Waals surface area contributed by atoms with Crippen LogP contribution in [0.2, 0.25) is 0 Å². The van der Waals surface area contributed by atoms with Crippen molar-refractivity contribution >= 4 is 11.8 Å². The van der Waals surface area contributed by atoms with E-state index in [0.717, 1.165) is 11.8 Å². The van der Waals surface area contributed by atoms with Crippen molar-refractivity contribution in [3.63, 3.8) is 0 Å². The minimum atomic E-state index is 0.911. The van der Waals surface area contributed by atoms with Gasteiger partial charge in [-0.2, -0.15) is 11.8 Å². The topological polar surface area (TPSA) is 0 Å². The van der Waals surface area contributed by atoms with Crippen LogP contribution in [-0.4, -0.2) is 11.5 Å². The van der Waals surface area contributed by atoms with Crippen molar-refractivity contribution in [1.29, 1.82) is 0 Å². The minimum Gasteiger partial charge on any atom is -0.162 e. The molecule has 0 aromatic rings. The van der Waals surface area contributed by atoms with Crippen LogP contribution in [0, 0.1) is 11.8 Å². The fourth-order valence-corrected chi connectivity index (χ4v) is 2.74. The van der Waals surface area contributed by atoms with Crippen molar-refractivity contribution in [2.24, 2.45) is 11.8 Å². The molecule has 1 rings (SSSR count). The molecule has 1 atom stereocenters. The molecule has 0 aliphatic carbocycles. The van der Waals surface area contributed by atoms with E-state index in [1.54, 1.807) is 0 Å². The summed E-state index contributed by atoms with van der Waals surface area (Å²) in [4.78, 5) is 0. The zero-order valence-corrected chi connectivity index (χ0v) is 7.21. The van der Waals surface area contributed by atoms with E-state index < -0.39 is 0 Å². The molecule has 1 fully saturated rings. The molecule has 54 valence electrons. The highest BCUT2D eigenvalue weighted by atomic mass is 32.2. The number of rotatable bonds is 2. The predicted molar refractivity (Wildman–Crippen MR) is 44.9 cm³/mol. The number of thioether (sulfide) groups is 1. The molecule has 0 amide bonds. The fourth-order valence-electron chi connectivity index (χ4n) is 1.44. The van der Waals surface area contributed by atoms with Gasteiger partial charge in [0.05, 0.1) is 0 Å². The van der Waals surface area contributed by atoms with Gasteiger partial charge in [0.25, 0.3) is 0 Å². The highest BCUT2D eigenvalue weighted by Crippen LogP contribution is 2.28. The second kappa shape index (κ2) is 3.50. The maximum absolute atomic E-state index is 2.32. The van der Waals surface area contributed by atoms with E-state index in [2.05, 4.69) is 25.6 Å². The molecular weight excluding hydrogens is 128 g/mol. The zero-order valence-electron chi connectivity index (χ0n) is 6.39. The molecule has 9 heavy (non-hydrogen) atoms. The lowest BCUT2D eigenvalue weighted by Gasteiger charge is -2.09. The van der Waals surface area contributed by atoms with E-state index >= 15 is 0 Å². The van der Waals surface area contributed by atoms with Gasteiger partial charge >= 0.3 is 0 Å². The summed E-state index contributed by atoms with van der Waals surface area (Å²) in [5.41, 5.74) is 0. The summed E-state index contributed by atoms with van der Waals surface area (Å²) in [6, 6.07) is 0. The summed E-state index contributed by atoms with van der Waals surface area (Å²) in [6.45, 7) is 4.64. The highest BCUT2D eigenvalue weighted by molar-refractivity contribution is 7.99. The Morgan fingerprint density at radius 3 is 2.78 bits per heavy atom. The lowest BCUT2D eigenvalue weighted by atomic mass is 9.97. The van der Waals surface area contributed by atoms with Gasteiger partial charge in [-0.25, -0.2) is 0 Å². The molecule has 0 N–H and O–H groups in total. The lowest BCUT2D eigenvalue weighted by molar-refractivity contribution is 0.447. The molecule has 0 aromatic carbocycles. The Morgan fingerprint density at radius 2 is 2.33 bits per heavy atom. The van der Waals surface area contributed by atoms with Gasteiger partial charge in [-0.05, 0) is 36.2 Å². The Kier molecular flexibility index (Phi) is 2.90. The minimum absolute atomic E-state index is 0.911. The van der Waals surface area contributed by atoms with E-state index in [0.29, 0.717) is 0 Å². The average Bonchev–Trinajstić information content (AvgIpc) is 2.15. The smallest absolute Gasteiger partial charge is 0.00387 e. The molecule has 0 aromatic heterocycles. The molecule has 0 radical (unpaired) electrons. The number of hydrogen-bond acceptors (Lipinski definition) is 1. The SMILES string of the molecule is CC(C)CC1CCSC1. The molecule has 1 aliphatic rings. The van der Waals surface area contributed by atoms with Gasteiger partial charge in [-0.3, -0.25) is 0 Å². The summed E-state index contributed by atoms with van der Waals surface area (Å²) >= 11 is 2.12. The summed E-state index contributed by atoms with van der Waals surface area (Å²) in [5.74, 6) is 4.80. The highest BCUT2D eigenvalue weighted by Gasteiger charge is 2.15. The second-order valence-electron chi connectivity index (χ2n) is 3.36. The predicted octanol–water partition coefficient (Wildman–Crippen LogP) is 2.79. The van der Waals surface area contributed by atoms with Crippen molar-refractivity contribution < 1.29 is 0 Å². The van der Waals surface area contributed by atoms with Crippen LogP contribution in [0.4, 0.5) is 0 Å². The lowest BCUT2D eigenvalue weighted by Crippen LogP contribution is -2.01. The first kappa shape index (κ1) is 7.46. The number of hydrogen-bond donors (Lipinski definition) is 0. The van der Waals surface area contributed by atoms with Gasteiger partial charge in [0.1, 0.15) is 0 Å². The first-order chi connectivity index (χ1) is 4.29. The van der Waals surface area contributed by atoms with Crippen molar-refractivity contribution in [2.75, 3.05) is 11.5 Å². The van der Waals surface area contributed by atoms with Crippen molar-refractivity contribution in [3.8, 4) is 0 Å². The molecule has 1 saturated heterocycles. The van der Waals surface area contributed by atoms with Gasteiger partial charge in [0.2, 0.25) is 0 Å². The third kappa shape index (κ3) is 2.61. The summed E-state index contributed by atoms with van der Waals surface area (Å²) in [7, 11) is 0. The molecule has 1 aliphatic heterocycles. The van der Waals surface area contributed by atoms with Gasteiger partial charge < -0.3 is 0 Å². The Morgan fingerprint density at radius 1 is 1.56 bits per heavy atom. The zero-order chi connectivity index (χ0) is 6.69. The monoisotopic (exact) mass is 144 g/mol. The molecule has 0 saturated carbocycles. The standard InChI is InChI=1S/C8H16S/c1-7(2)5-8-3-4-9-6-8/h7-8H,3-6H2,1-2H3.